The molecule has 1 aliphatic rings. The first-order valence-electron chi connectivity index (χ1n) is 8.78. The van der Waals surface area contributed by atoms with Crippen molar-refractivity contribution in [2.24, 2.45) is 0 Å². The number of aryl methyl sites for hydroxylation is 1. The molecule has 2 aromatic rings. The topological polar surface area (TPSA) is 63.7 Å². The number of carbonyl (C=O) groups excluding carboxylic acids is 1. The normalized spacial score (nSPS) is 18.4. The van der Waals surface area contributed by atoms with Gasteiger partial charge in [-0.3, -0.25) is 4.79 Å². The lowest BCUT2D eigenvalue weighted by molar-refractivity contribution is -0.150. The van der Waals surface area contributed by atoms with Crippen molar-refractivity contribution in [1.82, 2.24) is 4.31 Å². The number of hydrogen-bond acceptors (Lipinski definition) is 4. The zero-order chi connectivity index (χ0) is 18.6. The van der Waals surface area contributed by atoms with Gasteiger partial charge in [0.05, 0.1) is 4.90 Å². The molecule has 1 aliphatic heterocycles. The second kappa shape index (κ2) is 8.01. The zero-order valence-corrected chi connectivity index (χ0v) is 15.6. The molecule has 5 nitrogen and oxygen atoms in total. The van der Waals surface area contributed by atoms with Crippen molar-refractivity contribution in [2.45, 2.75) is 43.7 Å². The van der Waals surface area contributed by atoms with E-state index in [1.807, 2.05) is 31.2 Å². The van der Waals surface area contributed by atoms with E-state index in [1.54, 1.807) is 30.3 Å². The Morgan fingerprint density at radius 1 is 1.08 bits per heavy atom. The Morgan fingerprint density at radius 2 is 1.77 bits per heavy atom. The number of carbonyl (C=O) groups is 1. The van der Waals surface area contributed by atoms with Crippen LogP contribution in [0.1, 0.15) is 30.4 Å². The summed E-state index contributed by atoms with van der Waals surface area (Å²) >= 11 is 0. The maximum Gasteiger partial charge on any atom is 0.324 e. The molecule has 138 valence electrons. The maximum absolute atomic E-state index is 12.9. The van der Waals surface area contributed by atoms with Crippen LogP contribution in [0.3, 0.4) is 0 Å². The standard InChI is InChI=1S/C20H23NO4S/c1-16-9-5-6-10-17(16)15-25-20(22)19-13-7-8-14-21(19)26(23,24)18-11-3-2-4-12-18/h2-6,9-12,19H,7-8,13-15H2,1H3. The highest BCUT2D eigenvalue weighted by Gasteiger charge is 2.38. The summed E-state index contributed by atoms with van der Waals surface area (Å²) in [5.41, 5.74) is 1.96. The van der Waals surface area contributed by atoms with Crippen LogP contribution in [-0.4, -0.2) is 31.3 Å². The molecule has 0 saturated carbocycles. The van der Waals surface area contributed by atoms with Crippen LogP contribution in [-0.2, 0) is 26.2 Å². The number of piperidine rings is 1. The molecule has 2 aromatic carbocycles. The minimum atomic E-state index is -3.71. The summed E-state index contributed by atoms with van der Waals surface area (Å²) in [6, 6.07) is 15.2. The first-order valence-corrected chi connectivity index (χ1v) is 10.2. The lowest BCUT2D eigenvalue weighted by atomic mass is 10.1. The number of rotatable bonds is 5. The summed E-state index contributed by atoms with van der Waals surface area (Å²) in [5.74, 6) is -0.479. The highest BCUT2D eigenvalue weighted by atomic mass is 32.2. The number of benzene rings is 2. The van der Waals surface area contributed by atoms with Crippen molar-refractivity contribution in [3.63, 3.8) is 0 Å². The Balaban J connectivity index is 1.76. The lowest BCUT2D eigenvalue weighted by Crippen LogP contribution is -2.48. The number of ether oxygens (including phenoxy) is 1. The Bertz CT molecular complexity index is 864. The Kier molecular flexibility index (Phi) is 5.74. The minimum absolute atomic E-state index is 0.154. The van der Waals surface area contributed by atoms with Crippen LogP contribution >= 0.6 is 0 Å². The molecule has 3 rings (SSSR count). The molecule has 1 unspecified atom stereocenters. The number of hydrogen-bond donors (Lipinski definition) is 0. The van der Waals surface area contributed by atoms with Crippen LogP contribution in [0.2, 0.25) is 0 Å². The number of sulfonamides is 1. The molecule has 0 radical (unpaired) electrons. The van der Waals surface area contributed by atoms with Gasteiger partial charge in [-0.25, -0.2) is 8.42 Å². The summed E-state index contributed by atoms with van der Waals surface area (Å²) in [6.45, 7) is 2.44. The molecule has 0 aliphatic carbocycles. The van der Waals surface area contributed by atoms with Gasteiger partial charge in [-0.2, -0.15) is 4.31 Å². The van der Waals surface area contributed by atoms with E-state index in [9.17, 15) is 13.2 Å². The highest BCUT2D eigenvalue weighted by Crippen LogP contribution is 2.26. The third-order valence-corrected chi connectivity index (χ3v) is 6.63. The van der Waals surface area contributed by atoms with E-state index in [2.05, 4.69) is 0 Å². The van der Waals surface area contributed by atoms with Crippen LogP contribution in [0, 0.1) is 6.92 Å². The van der Waals surface area contributed by atoms with E-state index in [-0.39, 0.29) is 11.5 Å². The first kappa shape index (κ1) is 18.6. The number of esters is 1. The third kappa shape index (κ3) is 3.97. The van der Waals surface area contributed by atoms with Gasteiger partial charge in [0, 0.05) is 6.54 Å². The molecular weight excluding hydrogens is 350 g/mol. The van der Waals surface area contributed by atoms with Gasteiger partial charge in [-0.15, -0.1) is 0 Å². The smallest absolute Gasteiger partial charge is 0.324 e. The maximum atomic E-state index is 12.9. The van der Waals surface area contributed by atoms with Gasteiger partial charge >= 0.3 is 5.97 Å². The quantitative estimate of drug-likeness (QED) is 0.755. The third-order valence-electron chi connectivity index (χ3n) is 4.71. The molecule has 0 N–H and O–H groups in total. The average molecular weight is 373 g/mol. The molecule has 0 amide bonds. The van der Waals surface area contributed by atoms with E-state index in [1.165, 1.54) is 4.31 Å². The summed E-state index contributed by atoms with van der Waals surface area (Å²) in [5, 5.41) is 0. The van der Waals surface area contributed by atoms with Gasteiger partial charge in [0.1, 0.15) is 12.6 Å². The van der Waals surface area contributed by atoms with Gasteiger partial charge in [0.2, 0.25) is 10.0 Å². The summed E-state index contributed by atoms with van der Waals surface area (Å²) < 4.78 is 32.7. The van der Waals surface area contributed by atoms with E-state index in [4.69, 9.17) is 4.74 Å². The van der Waals surface area contributed by atoms with Crippen LogP contribution < -0.4 is 0 Å². The van der Waals surface area contributed by atoms with Gasteiger partial charge < -0.3 is 4.74 Å². The Labute approximate surface area is 154 Å². The van der Waals surface area contributed by atoms with Gasteiger partial charge in [-0.05, 0) is 49.4 Å². The van der Waals surface area contributed by atoms with Crippen molar-refractivity contribution in [1.29, 1.82) is 0 Å². The van der Waals surface area contributed by atoms with Gasteiger partial charge in [-0.1, -0.05) is 42.5 Å². The number of nitrogens with zero attached hydrogens (tertiary/aromatic N) is 1. The molecule has 1 saturated heterocycles. The molecule has 6 heteroatoms. The first-order chi connectivity index (χ1) is 12.5. The molecule has 0 bridgehead atoms. The average Bonchev–Trinajstić information content (AvgIpc) is 2.68. The van der Waals surface area contributed by atoms with Crippen molar-refractivity contribution < 1.29 is 17.9 Å². The van der Waals surface area contributed by atoms with Crippen molar-refractivity contribution in [2.75, 3.05) is 6.54 Å². The molecule has 1 fully saturated rings. The summed E-state index contributed by atoms with van der Waals surface area (Å²) in [7, 11) is -3.71. The molecule has 1 atom stereocenters. The Hall–Kier alpha value is -2.18. The fourth-order valence-electron chi connectivity index (χ4n) is 3.17. The highest BCUT2D eigenvalue weighted by molar-refractivity contribution is 7.89. The lowest BCUT2D eigenvalue weighted by Gasteiger charge is -2.33. The van der Waals surface area contributed by atoms with Gasteiger partial charge in [0.25, 0.3) is 0 Å². The SMILES string of the molecule is Cc1ccccc1COC(=O)C1CCCCN1S(=O)(=O)c1ccccc1. The molecular formula is C20H23NO4S. The summed E-state index contributed by atoms with van der Waals surface area (Å²) in [4.78, 5) is 12.8. The molecule has 0 spiro atoms. The fraction of sp³-hybridized carbons (Fsp3) is 0.350. The van der Waals surface area contributed by atoms with Crippen LogP contribution in [0.25, 0.3) is 0 Å². The van der Waals surface area contributed by atoms with E-state index < -0.39 is 22.0 Å². The largest absolute Gasteiger partial charge is 0.460 e. The van der Waals surface area contributed by atoms with Crippen molar-refractivity contribution >= 4 is 16.0 Å². The van der Waals surface area contributed by atoms with E-state index in [0.29, 0.717) is 13.0 Å². The monoisotopic (exact) mass is 373 g/mol. The van der Waals surface area contributed by atoms with Crippen LogP contribution in [0.4, 0.5) is 0 Å². The molecule has 1 heterocycles. The second-order valence-electron chi connectivity index (χ2n) is 6.47. The summed E-state index contributed by atoms with van der Waals surface area (Å²) in [6.07, 6.45) is 2.04. The Morgan fingerprint density at radius 3 is 2.50 bits per heavy atom. The minimum Gasteiger partial charge on any atom is -0.460 e. The van der Waals surface area contributed by atoms with Crippen molar-refractivity contribution in [3.05, 3.63) is 65.7 Å². The predicted molar refractivity (Wildman–Crippen MR) is 98.9 cm³/mol. The fourth-order valence-corrected chi connectivity index (χ4v) is 4.84. The van der Waals surface area contributed by atoms with Crippen LogP contribution in [0.15, 0.2) is 59.5 Å². The molecule has 26 heavy (non-hydrogen) atoms. The van der Waals surface area contributed by atoms with Crippen LogP contribution in [0.5, 0.6) is 0 Å². The van der Waals surface area contributed by atoms with Gasteiger partial charge in [0.15, 0.2) is 0 Å². The molecule has 0 aromatic heterocycles. The second-order valence-corrected chi connectivity index (χ2v) is 8.37. The van der Waals surface area contributed by atoms with E-state index in [0.717, 1.165) is 24.0 Å². The predicted octanol–water partition coefficient (Wildman–Crippen LogP) is 3.28. The zero-order valence-electron chi connectivity index (χ0n) is 14.8. The van der Waals surface area contributed by atoms with E-state index >= 15 is 0 Å². The van der Waals surface area contributed by atoms with Crippen molar-refractivity contribution in [3.8, 4) is 0 Å².